The molecular weight excluding hydrogens is 266 g/mol. The van der Waals surface area contributed by atoms with Crippen LogP contribution < -0.4 is 0 Å². The monoisotopic (exact) mass is 289 g/mol. The Balaban J connectivity index is 2.42. The van der Waals surface area contributed by atoms with Crippen molar-refractivity contribution in [1.82, 2.24) is 4.90 Å². The molecule has 0 aromatic heterocycles. The smallest absolute Gasteiger partial charge is 0.264 e. The van der Waals surface area contributed by atoms with Crippen LogP contribution in [-0.4, -0.2) is 23.6 Å². The van der Waals surface area contributed by atoms with E-state index in [-0.39, 0.29) is 11.3 Å². The largest absolute Gasteiger partial charge is 0.307 e. The van der Waals surface area contributed by atoms with Gasteiger partial charge in [0.05, 0.1) is 4.91 Å². The Morgan fingerprint density at radius 2 is 2.25 bits per heavy atom. The van der Waals surface area contributed by atoms with Gasteiger partial charge in [0.25, 0.3) is 5.91 Å². The standard InChI is InChI=1S/C17H23NOS/c1-5-15(20-4)16(19)18-12-17(3,6-2)13-10-8-7-9-11-14(13)18/h5,7-9,11H,6,10,12H2,1-4H3/b15-5-. The second-order valence-corrected chi connectivity index (χ2v) is 6.37. The summed E-state index contributed by atoms with van der Waals surface area (Å²) in [4.78, 5) is 15.5. The van der Waals surface area contributed by atoms with Crippen LogP contribution in [0.5, 0.6) is 0 Å². The number of amides is 1. The molecule has 0 radical (unpaired) electrons. The maximum absolute atomic E-state index is 12.7. The first-order chi connectivity index (χ1) is 9.57. The average Bonchev–Trinajstić information content (AvgIpc) is 2.62. The SMILES string of the molecule is C/C=C(\SC)C(=O)N1CC(C)(CC)C2=C1C=CC=CC2. The normalized spacial score (nSPS) is 26.0. The van der Waals surface area contributed by atoms with E-state index >= 15 is 0 Å². The lowest BCUT2D eigenvalue weighted by Crippen LogP contribution is -2.32. The molecule has 1 amide bonds. The molecule has 3 heteroatoms. The number of carbonyl (C=O) groups excluding carboxylic acids is 1. The van der Waals surface area contributed by atoms with E-state index in [4.69, 9.17) is 0 Å². The average molecular weight is 289 g/mol. The van der Waals surface area contributed by atoms with Crippen molar-refractivity contribution < 1.29 is 4.79 Å². The maximum Gasteiger partial charge on any atom is 0.264 e. The summed E-state index contributed by atoms with van der Waals surface area (Å²) in [6.07, 6.45) is 14.3. The highest BCUT2D eigenvalue weighted by molar-refractivity contribution is 8.03. The summed E-state index contributed by atoms with van der Waals surface area (Å²) in [5.41, 5.74) is 2.61. The van der Waals surface area contributed by atoms with Gasteiger partial charge in [-0.1, -0.05) is 38.2 Å². The van der Waals surface area contributed by atoms with E-state index in [9.17, 15) is 4.79 Å². The third-order valence-electron chi connectivity index (χ3n) is 4.38. The number of rotatable bonds is 3. The van der Waals surface area contributed by atoms with Gasteiger partial charge < -0.3 is 4.90 Å². The Hall–Kier alpha value is -1.22. The third kappa shape index (κ3) is 2.51. The molecule has 1 unspecified atom stereocenters. The van der Waals surface area contributed by atoms with Crippen LogP contribution in [-0.2, 0) is 4.79 Å². The molecule has 108 valence electrons. The molecule has 0 fully saturated rings. The first kappa shape index (κ1) is 15.2. The van der Waals surface area contributed by atoms with Crippen molar-refractivity contribution in [2.45, 2.75) is 33.6 Å². The Bertz CT molecular complexity index is 527. The molecular formula is C17H23NOS. The van der Waals surface area contributed by atoms with Gasteiger partial charge in [0, 0.05) is 17.7 Å². The first-order valence-electron chi connectivity index (χ1n) is 7.16. The lowest BCUT2D eigenvalue weighted by Gasteiger charge is -2.27. The van der Waals surface area contributed by atoms with Crippen LogP contribution in [0.1, 0.15) is 33.6 Å². The molecule has 0 saturated heterocycles. The van der Waals surface area contributed by atoms with Crippen LogP contribution in [0.2, 0.25) is 0 Å². The Morgan fingerprint density at radius 1 is 1.50 bits per heavy atom. The van der Waals surface area contributed by atoms with Crippen molar-refractivity contribution in [2.75, 3.05) is 12.8 Å². The number of allylic oxidation sites excluding steroid dienone is 5. The molecule has 1 aliphatic heterocycles. The topological polar surface area (TPSA) is 20.3 Å². The summed E-state index contributed by atoms with van der Waals surface area (Å²) in [5, 5.41) is 0. The highest BCUT2D eigenvalue weighted by Gasteiger charge is 2.41. The fourth-order valence-electron chi connectivity index (χ4n) is 2.92. The predicted octanol–water partition coefficient (Wildman–Crippen LogP) is 4.28. The van der Waals surface area contributed by atoms with Crippen molar-refractivity contribution >= 4 is 17.7 Å². The van der Waals surface area contributed by atoms with Crippen LogP contribution >= 0.6 is 11.8 Å². The summed E-state index contributed by atoms with van der Waals surface area (Å²) in [7, 11) is 0. The molecule has 0 N–H and O–H groups in total. The molecule has 2 aliphatic rings. The van der Waals surface area contributed by atoms with E-state index in [1.165, 1.54) is 17.3 Å². The van der Waals surface area contributed by atoms with Crippen LogP contribution in [0.3, 0.4) is 0 Å². The van der Waals surface area contributed by atoms with Crippen LogP contribution in [0.15, 0.2) is 46.6 Å². The zero-order valence-electron chi connectivity index (χ0n) is 12.8. The van der Waals surface area contributed by atoms with E-state index in [2.05, 4.69) is 32.1 Å². The quantitative estimate of drug-likeness (QED) is 0.723. The van der Waals surface area contributed by atoms with Crippen LogP contribution in [0.25, 0.3) is 0 Å². The van der Waals surface area contributed by atoms with Gasteiger partial charge >= 0.3 is 0 Å². The van der Waals surface area contributed by atoms with E-state index in [1.807, 2.05) is 30.2 Å². The van der Waals surface area contributed by atoms with Crippen molar-refractivity contribution in [1.29, 1.82) is 0 Å². The second-order valence-electron chi connectivity index (χ2n) is 5.52. The van der Waals surface area contributed by atoms with E-state index in [0.29, 0.717) is 0 Å². The van der Waals surface area contributed by atoms with Gasteiger partial charge in [0.1, 0.15) is 0 Å². The minimum absolute atomic E-state index is 0.0985. The fourth-order valence-corrected chi connectivity index (χ4v) is 3.44. The molecule has 2 rings (SSSR count). The maximum atomic E-state index is 12.7. The summed E-state index contributed by atoms with van der Waals surface area (Å²) < 4.78 is 0. The van der Waals surface area contributed by atoms with Gasteiger partial charge in [-0.15, -0.1) is 11.8 Å². The minimum Gasteiger partial charge on any atom is -0.307 e. The molecule has 0 aromatic carbocycles. The molecule has 2 nitrogen and oxygen atoms in total. The minimum atomic E-state index is 0.0985. The number of thioether (sulfide) groups is 1. The van der Waals surface area contributed by atoms with Gasteiger partial charge in [-0.25, -0.2) is 0 Å². The number of carbonyl (C=O) groups is 1. The molecule has 0 aromatic rings. The van der Waals surface area contributed by atoms with Gasteiger partial charge in [-0.05, 0) is 37.7 Å². The Kier molecular flexibility index (Phi) is 4.59. The lowest BCUT2D eigenvalue weighted by molar-refractivity contribution is -0.124. The van der Waals surface area contributed by atoms with Crippen LogP contribution in [0, 0.1) is 5.41 Å². The van der Waals surface area contributed by atoms with Crippen molar-refractivity contribution in [3.8, 4) is 0 Å². The number of nitrogens with zero attached hydrogens (tertiary/aromatic N) is 1. The van der Waals surface area contributed by atoms with Crippen molar-refractivity contribution in [2.24, 2.45) is 5.41 Å². The highest BCUT2D eigenvalue weighted by Crippen LogP contribution is 2.45. The molecule has 0 spiro atoms. The van der Waals surface area contributed by atoms with Crippen molar-refractivity contribution in [3.05, 3.63) is 46.6 Å². The lowest BCUT2D eigenvalue weighted by atomic mass is 9.79. The Morgan fingerprint density at radius 3 is 2.85 bits per heavy atom. The van der Waals surface area contributed by atoms with E-state index in [0.717, 1.165) is 30.0 Å². The summed E-state index contributed by atoms with van der Waals surface area (Å²) in [6.45, 7) is 7.21. The van der Waals surface area contributed by atoms with Gasteiger partial charge in [-0.3, -0.25) is 4.79 Å². The molecule has 0 saturated carbocycles. The van der Waals surface area contributed by atoms with Gasteiger partial charge in [-0.2, -0.15) is 0 Å². The zero-order chi connectivity index (χ0) is 14.8. The summed E-state index contributed by atoms with van der Waals surface area (Å²) in [6, 6.07) is 0. The Labute approximate surface area is 126 Å². The summed E-state index contributed by atoms with van der Waals surface area (Å²) >= 11 is 1.52. The zero-order valence-corrected chi connectivity index (χ0v) is 13.6. The predicted molar refractivity (Wildman–Crippen MR) is 87.3 cm³/mol. The molecule has 1 atom stereocenters. The second kappa shape index (κ2) is 6.04. The molecule has 1 aliphatic carbocycles. The van der Waals surface area contributed by atoms with E-state index in [1.54, 1.807) is 0 Å². The van der Waals surface area contributed by atoms with Crippen molar-refractivity contribution in [3.63, 3.8) is 0 Å². The number of hydrogen-bond acceptors (Lipinski definition) is 2. The van der Waals surface area contributed by atoms with Gasteiger partial charge in [0.2, 0.25) is 0 Å². The van der Waals surface area contributed by atoms with Crippen LogP contribution in [0.4, 0.5) is 0 Å². The third-order valence-corrected chi connectivity index (χ3v) is 5.23. The highest BCUT2D eigenvalue weighted by atomic mass is 32.2. The molecule has 1 heterocycles. The van der Waals surface area contributed by atoms with E-state index < -0.39 is 0 Å². The summed E-state index contributed by atoms with van der Waals surface area (Å²) in [5.74, 6) is 0.135. The van der Waals surface area contributed by atoms with Gasteiger partial charge in [0.15, 0.2) is 0 Å². The molecule has 0 bridgehead atoms. The fraction of sp³-hybridized carbons (Fsp3) is 0.471. The first-order valence-corrected chi connectivity index (χ1v) is 8.39. The molecule has 20 heavy (non-hydrogen) atoms. The number of hydrogen-bond donors (Lipinski definition) is 0.